The summed E-state index contributed by atoms with van der Waals surface area (Å²) >= 11 is 3.41. The molecule has 2 N–H and O–H groups in total. The van der Waals surface area contributed by atoms with Crippen LogP contribution in [0.2, 0.25) is 0 Å². The van der Waals surface area contributed by atoms with E-state index >= 15 is 0 Å². The molecule has 0 aromatic heterocycles. The Kier molecular flexibility index (Phi) is 6.26. The van der Waals surface area contributed by atoms with Gasteiger partial charge in [0.15, 0.2) is 11.6 Å². The standard InChI is InChI=1S/C20H18BrF2N3O3/c1-11-6-14(3-4-15(11)21)26-10-12(7-19(26)28)20(29)24-9-18(27)25-13-2-5-16(22)17(23)8-13/h2-6,8,12H,7,9-10H2,1H3,(H,24,29)(H,25,27). The molecule has 152 valence electrons. The van der Waals surface area contributed by atoms with Crippen molar-refractivity contribution < 1.29 is 23.2 Å². The topological polar surface area (TPSA) is 78.5 Å². The summed E-state index contributed by atoms with van der Waals surface area (Å²) in [6.07, 6.45) is 0.0474. The largest absolute Gasteiger partial charge is 0.347 e. The van der Waals surface area contributed by atoms with Crippen molar-refractivity contribution in [1.82, 2.24) is 5.32 Å². The van der Waals surface area contributed by atoms with Crippen LogP contribution < -0.4 is 15.5 Å². The lowest BCUT2D eigenvalue weighted by Crippen LogP contribution is -2.37. The molecule has 0 bridgehead atoms. The van der Waals surface area contributed by atoms with E-state index in [9.17, 15) is 23.2 Å². The number of hydrogen-bond acceptors (Lipinski definition) is 3. The summed E-state index contributed by atoms with van der Waals surface area (Å²) in [5.74, 6) is -3.86. The van der Waals surface area contributed by atoms with Gasteiger partial charge in [0.25, 0.3) is 0 Å². The van der Waals surface area contributed by atoms with Gasteiger partial charge in [0.05, 0.1) is 12.5 Å². The van der Waals surface area contributed by atoms with E-state index < -0.39 is 29.4 Å². The normalized spacial score (nSPS) is 16.1. The molecule has 9 heteroatoms. The summed E-state index contributed by atoms with van der Waals surface area (Å²) in [6, 6.07) is 8.46. The van der Waals surface area contributed by atoms with Crippen LogP contribution in [-0.4, -0.2) is 30.8 Å². The van der Waals surface area contributed by atoms with E-state index in [1.807, 2.05) is 19.1 Å². The van der Waals surface area contributed by atoms with E-state index in [4.69, 9.17) is 0 Å². The molecule has 1 aliphatic heterocycles. The Balaban J connectivity index is 1.54. The molecule has 1 atom stereocenters. The highest BCUT2D eigenvalue weighted by Gasteiger charge is 2.35. The molecule has 0 aliphatic carbocycles. The monoisotopic (exact) mass is 465 g/mol. The first-order chi connectivity index (χ1) is 13.7. The molecule has 1 aliphatic rings. The summed E-state index contributed by atoms with van der Waals surface area (Å²) in [5.41, 5.74) is 1.76. The third-order valence-electron chi connectivity index (χ3n) is 4.58. The number of anilines is 2. The highest BCUT2D eigenvalue weighted by molar-refractivity contribution is 9.10. The zero-order valence-corrected chi connectivity index (χ0v) is 17.1. The summed E-state index contributed by atoms with van der Waals surface area (Å²) in [5, 5.41) is 4.85. The molecule has 1 unspecified atom stereocenters. The third-order valence-corrected chi connectivity index (χ3v) is 5.47. The maximum absolute atomic E-state index is 13.2. The fraction of sp³-hybridized carbons (Fsp3) is 0.250. The lowest BCUT2D eigenvalue weighted by atomic mass is 10.1. The van der Waals surface area contributed by atoms with Crippen LogP contribution >= 0.6 is 15.9 Å². The first-order valence-corrected chi connectivity index (χ1v) is 9.63. The number of nitrogens with one attached hydrogen (secondary N) is 2. The molecule has 1 saturated heterocycles. The van der Waals surface area contributed by atoms with Gasteiger partial charge in [-0.2, -0.15) is 0 Å². The summed E-state index contributed by atoms with van der Waals surface area (Å²) in [4.78, 5) is 38.1. The van der Waals surface area contributed by atoms with Crippen LogP contribution in [-0.2, 0) is 14.4 Å². The molecular weight excluding hydrogens is 448 g/mol. The van der Waals surface area contributed by atoms with Gasteiger partial charge in [0.2, 0.25) is 17.7 Å². The lowest BCUT2D eigenvalue weighted by Gasteiger charge is -2.17. The molecule has 1 fully saturated rings. The predicted molar refractivity (Wildman–Crippen MR) is 107 cm³/mol. The molecular formula is C20H18BrF2N3O3. The van der Waals surface area contributed by atoms with Crippen LogP contribution in [0, 0.1) is 24.5 Å². The Morgan fingerprint density at radius 1 is 1.17 bits per heavy atom. The van der Waals surface area contributed by atoms with E-state index in [0.717, 1.165) is 22.2 Å². The fourth-order valence-corrected chi connectivity index (χ4v) is 3.27. The Morgan fingerprint density at radius 3 is 2.62 bits per heavy atom. The zero-order chi connectivity index (χ0) is 21.1. The summed E-state index contributed by atoms with van der Waals surface area (Å²) in [6.45, 7) is 1.78. The van der Waals surface area contributed by atoms with E-state index in [0.29, 0.717) is 5.69 Å². The molecule has 6 nitrogen and oxygen atoms in total. The van der Waals surface area contributed by atoms with Crippen LogP contribution in [0.5, 0.6) is 0 Å². The Morgan fingerprint density at radius 2 is 1.93 bits per heavy atom. The maximum Gasteiger partial charge on any atom is 0.243 e. The second-order valence-corrected chi connectivity index (χ2v) is 7.59. The molecule has 29 heavy (non-hydrogen) atoms. The fourth-order valence-electron chi connectivity index (χ4n) is 3.02. The average molecular weight is 466 g/mol. The highest BCUT2D eigenvalue weighted by atomic mass is 79.9. The number of aryl methyl sites for hydroxylation is 1. The minimum atomic E-state index is -1.08. The van der Waals surface area contributed by atoms with Crippen molar-refractivity contribution in [3.63, 3.8) is 0 Å². The minimum absolute atomic E-state index is 0.0474. The van der Waals surface area contributed by atoms with Crippen LogP contribution in [0.25, 0.3) is 0 Å². The van der Waals surface area contributed by atoms with Gasteiger partial charge in [-0.3, -0.25) is 14.4 Å². The first kappa shape index (κ1) is 20.9. The van der Waals surface area contributed by atoms with Gasteiger partial charge < -0.3 is 15.5 Å². The second-order valence-electron chi connectivity index (χ2n) is 6.73. The number of carbonyl (C=O) groups is 3. The Hall–Kier alpha value is -2.81. The first-order valence-electron chi connectivity index (χ1n) is 8.83. The van der Waals surface area contributed by atoms with Gasteiger partial charge in [0.1, 0.15) is 0 Å². The van der Waals surface area contributed by atoms with Gasteiger partial charge >= 0.3 is 0 Å². The Bertz CT molecular complexity index is 983. The average Bonchev–Trinajstić information content (AvgIpc) is 3.07. The van der Waals surface area contributed by atoms with E-state index in [2.05, 4.69) is 26.6 Å². The van der Waals surface area contributed by atoms with Crippen molar-refractivity contribution in [3.05, 3.63) is 58.1 Å². The van der Waals surface area contributed by atoms with Crippen molar-refractivity contribution in [2.45, 2.75) is 13.3 Å². The summed E-state index contributed by atoms with van der Waals surface area (Å²) < 4.78 is 27.0. The SMILES string of the molecule is Cc1cc(N2CC(C(=O)NCC(=O)Nc3ccc(F)c(F)c3)CC2=O)ccc1Br. The van der Waals surface area contributed by atoms with Crippen molar-refractivity contribution >= 4 is 45.0 Å². The van der Waals surface area contributed by atoms with E-state index in [1.165, 1.54) is 6.07 Å². The molecule has 0 radical (unpaired) electrons. The number of benzene rings is 2. The quantitative estimate of drug-likeness (QED) is 0.711. The van der Waals surface area contributed by atoms with Crippen LogP contribution in [0.1, 0.15) is 12.0 Å². The van der Waals surface area contributed by atoms with Gasteiger partial charge in [-0.05, 0) is 42.8 Å². The maximum atomic E-state index is 13.2. The van der Waals surface area contributed by atoms with Crippen LogP contribution in [0.3, 0.4) is 0 Å². The third kappa shape index (κ3) is 4.97. The van der Waals surface area contributed by atoms with Gasteiger partial charge in [-0.1, -0.05) is 15.9 Å². The molecule has 0 spiro atoms. The van der Waals surface area contributed by atoms with Crippen LogP contribution in [0.4, 0.5) is 20.2 Å². The Labute approximate surface area is 174 Å². The number of amides is 3. The van der Waals surface area contributed by atoms with Gasteiger partial charge in [-0.15, -0.1) is 0 Å². The number of halogens is 3. The molecule has 1 heterocycles. The number of nitrogens with zero attached hydrogens (tertiary/aromatic N) is 1. The molecule has 3 amide bonds. The van der Waals surface area contributed by atoms with E-state index in [-0.39, 0.29) is 31.1 Å². The van der Waals surface area contributed by atoms with Crippen molar-refractivity contribution in [1.29, 1.82) is 0 Å². The lowest BCUT2D eigenvalue weighted by molar-refractivity contribution is -0.127. The van der Waals surface area contributed by atoms with Crippen LogP contribution in [0.15, 0.2) is 40.9 Å². The predicted octanol–water partition coefficient (Wildman–Crippen LogP) is 3.14. The zero-order valence-electron chi connectivity index (χ0n) is 15.5. The van der Waals surface area contributed by atoms with Gasteiger partial charge in [0, 0.05) is 34.9 Å². The van der Waals surface area contributed by atoms with Gasteiger partial charge in [-0.25, -0.2) is 8.78 Å². The van der Waals surface area contributed by atoms with Crippen molar-refractivity contribution in [2.24, 2.45) is 5.92 Å². The number of rotatable bonds is 5. The number of carbonyl (C=O) groups excluding carboxylic acids is 3. The summed E-state index contributed by atoms with van der Waals surface area (Å²) in [7, 11) is 0. The second kappa shape index (κ2) is 8.69. The molecule has 0 saturated carbocycles. The minimum Gasteiger partial charge on any atom is -0.347 e. The number of hydrogen-bond donors (Lipinski definition) is 2. The molecule has 2 aromatic carbocycles. The highest BCUT2D eigenvalue weighted by Crippen LogP contribution is 2.28. The smallest absolute Gasteiger partial charge is 0.243 e. The van der Waals surface area contributed by atoms with Crippen molar-refractivity contribution in [3.8, 4) is 0 Å². The molecule has 2 aromatic rings. The van der Waals surface area contributed by atoms with E-state index in [1.54, 1.807) is 11.0 Å². The van der Waals surface area contributed by atoms with Crippen molar-refractivity contribution in [2.75, 3.05) is 23.3 Å². The molecule has 3 rings (SSSR count).